The maximum Gasteiger partial charge on any atom is 1.00 e. The van der Waals surface area contributed by atoms with Gasteiger partial charge in [-0.2, -0.15) is 43.9 Å². The van der Waals surface area contributed by atoms with Gasteiger partial charge in [-0.25, -0.2) is 17.2 Å². The molecule has 30 heavy (non-hydrogen) atoms. The maximum absolute atomic E-state index is 13.7. The van der Waals surface area contributed by atoms with Crippen LogP contribution < -0.4 is 29.6 Å². The minimum atomic E-state index is -7.64. The van der Waals surface area contributed by atoms with Crippen LogP contribution in [0.25, 0.3) is 0 Å². The summed E-state index contributed by atoms with van der Waals surface area (Å²) in [6.07, 6.45) is -8.11. The molecule has 0 heterocycles. The van der Waals surface area contributed by atoms with Crippen LogP contribution in [0.1, 0.15) is 5.56 Å². The summed E-state index contributed by atoms with van der Waals surface area (Å²) in [5, 5.41) is 0. The predicted molar refractivity (Wildman–Crippen MR) is 68.8 cm³/mol. The summed E-state index contributed by atoms with van der Waals surface area (Å²) in [6.45, 7) is 0. The van der Waals surface area contributed by atoms with E-state index in [2.05, 4.69) is 0 Å². The van der Waals surface area contributed by atoms with Crippen LogP contribution >= 0.6 is 0 Å². The molecule has 0 amide bonds. The molecule has 0 spiro atoms. The van der Waals surface area contributed by atoms with Crippen molar-refractivity contribution in [2.24, 2.45) is 0 Å². The zero-order valence-electron chi connectivity index (χ0n) is 14.3. The zero-order chi connectivity index (χ0) is 23.3. The van der Waals surface area contributed by atoms with Gasteiger partial charge in [0.25, 0.3) is 0 Å². The van der Waals surface area contributed by atoms with Crippen molar-refractivity contribution in [3.05, 3.63) is 29.8 Å². The quantitative estimate of drug-likeness (QED) is 0.314. The molecule has 0 unspecified atom stereocenters. The summed E-state index contributed by atoms with van der Waals surface area (Å²) in [6, 6.07) is 1.12. The molecule has 0 aliphatic rings. The Balaban J connectivity index is 0.00000841. The van der Waals surface area contributed by atoms with Crippen molar-refractivity contribution < 1.29 is 95.2 Å². The second kappa shape index (κ2) is 8.67. The summed E-state index contributed by atoms with van der Waals surface area (Å²) < 4.78 is 188. The van der Waals surface area contributed by atoms with Crippen LogP contribution in [0.2, 0.25) is 0 Å². The molecule has 0 atom stereocenters. The molecule has 0 radical (unpaired) electrons. The van der Waals surface area contributed by atoms with E-state index in [0.717, 1.165) is 0 Å². The van der Waals surface area contributed by atoms with E-state index in [9.17, 15) is 65.7 Å². The van der Waals surface area contributed by atoms with Gasteiger partial charge in [0, 0.05) is 6.42 Å². The Morgan fingerprint density at radius 1 is 0.767 bits per heavy atom. The molecule has 17 heteroatoms. The molecular formula is C13H7F12NaO3S. The van der Waals surface area contributed by atoms with Crippen molar-refractivity contribution in [2.75, 3.05) is 0 Å². The predicted octanol–water partition coefficient (Wildman–Crippen LogP) is 1.58. The first-order chi connectivity index (χ1) is 12.6. The molecule has 1 rings (SSSR count). The number of rotatable bonds is 8. The fourth-order valence-corrected chi connectivity index (χ4v) is 2.38. The number of halogens is 12. The Hall–Kier alpha value is -0.710. The van der Waals surface area contributed by atoms with Crippen LogP contribution in [0.5, 0.6) is 0 Å². The molecular weight excluding hydrogens is 487 g/mol. The van der Waals surface area contributed by atoms with Crippen LogP contribution in [-0.4, -0.2) is 49.0 Å². The smallest absolute Gasteiger partial charge is 0.744 e. The van der Waals surface area contributed by atoms with Gasteiger partial charge in [0.05, 0.1) is 4.90 Å². The first kappa shape index (κ1) is 29.3. The van der Waals surface area contributed by atoms with E-state index in [4.69, 9.17) is 0 Å². The molecule has 1 aromatic carbocycles. The first-order valence-corrected chi connectivity index (χ1v) is 8.26. The van der Waals surface area contributed by atoms with Gasteiger partial charge in [-0.15, -0.1) is 0 Å². The van der Waals surface area contributed by atoms with Gasteiger partial charge in [-0.05, 0) is 17.7 Å². The van der Waals surface area contributed by atoms with Crippen LogP contribution in [0.3, 0.4) is 0 Å². The third-order valence-electron chi connectivity index (χ3n) is 3.58. The van der Waals surface area contributed by atoms with E-state index in [0.29, 0.717) is 12.1 Å². The van der Waals surface area contributed by atoms with Crippen molar-refractivity contribution in [3.8, 4) is 0 Å². The summed E-state index contributed by atoms with van der Waals surface area (Å²) in [4.78, 5) is -1.05. The van der Waals surface area contributed by atoms with Crippen LogP contribution in [0.15, 0.2) is 29.2 Å². The second-order valence-electron chi connectivity index (χ2n) is 5.63. The third kappa shape index (κ3) is 4.86. The molecule has 3 nitrogen and oxygen atoms in total. The largest absolute Gasteiger partial charge is 1.00 e. The normalized spacial score (nSPS) is 14.6. The van der Waals surface area contributed by atoms with E-state index < -0.39 is 63.0 Å². The van der Waals surface area contributed by atoms with Crippen LogP contribution in [0.4, 0.5) is 52.7 Å². The zero-order valence-corrected chi connectivity index (χ0v) is 17.1. The van der Waals surface area contributed by atoms with E-state index in [1.807, 2.05) is 0 Å². The summed E-state index contributed by atoms with van der Waals surface area (Å²) in [5.41, 5.74) is -1.10. The number of alkyl halides is 12. The van der Waals surface area contributed by atoms with Crippen LogP contribution in [0, 0.1) is 0 Å². The molecule has 0 bridgehead atoms. The molecule has 0 N–H and O–H groups in total. The number of hydrogen-bond donors (Lipinski definition) is 0. The Morgan fingerprint density at radius 2 is 1.17 bits per heavy atom. The Morgan fingerprint density at radius 3 is 1.50 bits per heavy atom. The minimum Gasteiger partial charge on any atom is -0.744 e. The molecule has 0 aliphatic carbocycles. The summed E-state index contributed by atoms with van der Waals surface area (Å²) in [5.74, 6) is -35.8. The molecule has 1 aromatic rings. The molecule has 0 aromatic heterocycles. The van der Waals surface area contributed by atoms with E-state index in [-0.39, 0.29) is 41.7 Å². The van der Waals surface area contributed by atoms with Crippen molar-refractivity contribution in [1.29, 1.82) is 0 Å². The molecule has 0 saturated carbocycles. The Bertz CT molecular complexity index is 839. The number of benzene rings is 1. The van der Waals surface area contributed by atoms with Crippen molar-refractivity contribution in [1.82, 2.24) is 0 Å². The fourth-order valence-electron chi connectivity index (χ4n) is 1.91. The standard InChI is InChI=1S/C13H8F12O3S.Na/c14-8(15)10(18,19)12(22,23)13(24,25)11(20,21)9(16,17)5-6-1-3-7(4-2-6)29(26,27)28;/h1-4,8H,5H2,(H,26,27,28);/q;+1/p-1. The van der Waals surface area contributed by atoms with Crippen molar-refractivity contribution >= 4 is 10.1 Å². The van der Waals surface area contributed by atoms with Gasteiger partial charge < -0.3 is 4.55 Å². The topological polar surface area (TPSA) is 57.2 Å². The molecule has 0 saturated heterocycles. The van der Waals surface area contributed by atoms with Gasteiger partial charge >= 0.3 is 65.6 Å². The molecule has 0 aliphatic heterocycles. The van der Waals surface area contributed by atoms with Gasteiger partial charge in [-0.3, -0.25) is 0 Å². The average molecular weight is 494 g/mol. The van der Waals surface area contributed by atoms with E-state index in [1.165, 1.54) is 0 Å². The average Bonchev–Trinajstić information content (AvgIpc) is 2.53. The van der Waals surface area contributed by atoms with E-state index >= 15 is 0 Å². The maximum atomic E-state index is 13.7. The summed E-state index contributed by atoms with van der Waals surface area (Å²) >= 11 is 0. The fraction of sp³-hybridized carbons (Fsp3) is 0.538. The second-order valence-corrected chi connectivity index (χ2v) is 7.01. The van der Waals surface area contributed by atoms with Gasteiger partial charge in [-0.1, -0.05) is 12.1 Å². The minimum absolute atomic E-state index is 0. The van der Waals surface area contributed by atoms with Crippen molar-refractivity contribution in [2.45, 2.75) is 47.4 Å². The molecule has 0 fully saturated rings. The van der Waals surface area contributed by atoms with Crippen molar-refractivity contribution in [3.63, 3.8) is 0 Å². The first-order valence-electron chi connectivity index (χ1n) is 6.85. The number of hydrogen-bond acceptors (Lipinski definition) is 3. The third-order valence-corrected chi connectivity index (χ3v) is 4.43. The van der Waals surface area contributed by atoms with Gasteiger partial charge in [0.2, 0.25) is 0 Å². The van der Waals surface area contributed by atoms with Gasteiger partial charge in [0.15, 0.2) is 0 Å². The summed E-state index contributed by atoms with van der Waals surface area (Å²) in [7, 11) is -5.12. The van der Waals surface area contributed by atoms with Gasteiger partial charge in [0.1, 0.15) is 10.1 Å². The van der Waals surface area contributed by atoms with Crippen LogP contribution in [-0.2, 0) is 16.5 Å². The van der Waals surface area contributed by atoms with E-state index in [1.54, 1.807) is 0 Å². The monoisotopic (exact) mass is 494 g/mol. The molecule has 168 valence electrons. The Labute approximate surface area is 182 Å². The Kier molecular flexibility index (Phi) is 8.47. The SMILES string of the molecule is O=S(=O)([O-])c1ccc(CC(F)(F)C(F)(F)C(F)(F)C(F)(F)C(F)(F)C(F)F)cc1.[Na+].